The molecule has 0 aliphatic carbocycles. The molecule has 1 atom stereocenters. The zero-order valence-electron chi connectivity index (χ0n) is 16.1. The van der Waals surface area contributed by atoms with Crippen molar-refractivity contribution in [2.75, 3.05) is 0 Å². The van der Waals surface area contributed by atoms with Gasteiger partial charge in [0.1, 0.15) is 18.1 Å². The summed E-state index contributed by atoms with van der Waals surface area (Å²) < 4.78 is 58.2. The summed E-state index contributed by atoms with van der Waals surface area (Å²) in [4.78, 5) is 12.7. The van der Waals surface area contributed by atoms with Gasteiger partial charge in [-0.25, -0.2) is 17.6 Å². The molecule has 0 fully saturated rings. The van der Waals surface area contributed by atoms with Crippen LogP contribution in [0.2, 0.25) is 0 Å². The maximum atomic E-state index is 13.3. The lowest BCUT2D eigenvalue weighted by atomic mass is 10.1. The summed E-state index contributed by atoms with van der Waals surface area (Å²) >= 11 is 0. The van der Waals surface area contributed by atoms with E-state index in [1.165, 1.54) is 18.2 Å². The molecule has 0 saturated heterocycles. The summed E-state index contributed by atoms with van der Waals surface area (Å²) in [5.41, 5.74) is -2.47. The molecule has 5 nitrogen and oxygen atoms in total. The zero-order chi connectivity index (χ0) is 21.9. The molecule has 0 radical (unpaired) electrons. The highest BCUT2D eigenvalue weighted by atomic mass is 19.3. The lowest BCUT2D eigenvalue weighted by molar-refractivity contribution is -0.164. The van der Waals surface area contributed by atoms with E-state index in [-0.39, 0.29) is 17.2 Å². The molecule has 2 aromatic rings. The lowest BCUT2D eigenvalue weighted by Gasteiger charge is -2.30. The highest BCUT2D eigenvalue weighted by Crippen LogP contribution is 2.34. The van der Waals surface area contributed by atoms with Crippen LogP contribution in [-0.2, 0) is 13.0 Å². The van der Waals surface area contributed by atoms with Crippen LogP contribution >= 0.6 is 0 Å². The molecule has 0 spiro atoms. The first-order valence-electron chi connectivity index (χ1n) is 9.26. The van der Waals surface area contributed by atoms with Crippen LogP contribution in [-0.4, -0.2) is 40.3 Å². The molecule has 1 aliphatic heterocycles. The SMILES string of the molecule is CCc1ccc(OCc2cccc(C(=O)N3N=C(C(F)F)C[C@]3(O)C(F)F)c2)cc1. The smallest absolute Gasteiger partial charge is 0.287 e. The summed E-state index contributed by atoms with van der Waals surface area (Å²) in [5, 5.41) is 13.4. The van der Waals surface area contributed by atoms with Crippen LogP contribution in [0.15, 0.2) is 53.6 Å². The first-order valence-corrected chi connectivity index (χ1v) is 9.26. The van der Waals surface area contributed by atoms with E-state index in [0.717, 1.165) is 12.0 Å². The van der Waals surface area contributed by atoms with Crippen molar-refractivity contribution in [3.8, 4) is 5.75 Å². The predicted octanol–water partition coefficient (Wildman–Crippen LogP) is 4.25. The molecule has 3 rings (SSSR count). The third-order valence-corrected chi connectivity index (χ3v) is 4.74. The number of carbonyl (C=O) groups excluding carboxylic acids is 1. The number of carbonyl (C=O) groups is 1. The van der Waals surface area contributed by atoms with E-state index in [2.05, 4.69) is 5.10 Å². The van der Waals surface area contributed by atoms with Gasteiger partial charge >= 0.3 is 0 Å². The molecule has 2 aromatic carbocycles. The largest absolute Gasteiger partial charge is 0.489 e. The average molecular weight is 424 g/mol. The van der Waals surface area contributed by atoms with Crippen molar-refractivity contribution >= 4 is 11.6 Å². The highest BCUT2D eigenvalue weighted by Gasteiger charge is 2.53. The van der Waals surface area contributed by atoms with Gasteiger partial charge in [0, 0.05) is 12.0 Å². The van der Waals surface area contributed by atoms with Gasteiger partial charge in [0.2, 0.25) is 5.72 Å². The van der Waals surface area contributed by atoms with Crippen LogP contribution in [0.5, 0.6) is 5.75 Å². The number of nitrogens with zero attached hydrogens (tertiary/aromatic N) is 2. The number of benzene rings is 2. The van der Waals surface area contributed by atoms with Gasteiger partial charge in [-0.2, -0.15) is 10.1 Å². The number of rotatable bonds is 7. The minimum Gasteiger partial charge on any atom is -0.489 e. The first-order chi connectivity index (χ1) is 14.2. The van der Waals surface area contributed by atoms with Crippen molar-refractivity contribution in [3.63, 3.8) is 0 Å². The van der Waals surface area contributed by atoms with Crippen LogP contribution in [0, 0.1) is 0 Å². The normalized spacial score (nSPS) is 18.8. The first kappa shape index (κ1) is 21.8. The topological polar surface area (TPSA) is 62.1 Å². The Hall–Kier alpha value is -2.94. The Labute approximate surface area is 170 Å². The predicted molar refractivity (Wildman–Crippen MR) is 102 cm³/mol. The number of aliphatic hydroxyl groups is 1. The summed E-state index contributed by atoms with van der Waals surface area (Å²) in [6.07, 6.45) is -6.86. The van der Waals surface area contributed by atoms with Crippen molar-refractivity contribution in [2.24, 2.45) is 5.10 Å². The van der Waals surface area contributed by atoms with Crippen molar-refractivity contribution in [3.05, 3.63) is 65.2 Å². The summed E-state index contributed by atoms with van der Waals surface area (Å²) in [6.45, 7) is 2.12. The molecule has 9 heteroatoms. The molecule has 30 heavy (non-hydrogen) atoms. The number of alkyl halides is 4. The molecule has 0 saturated carbocycles. The Morgan fingerprint density at radius 2 is 1.87 bits per heavy atom. The van der Waals surface area contributed by atoms with E-state index in [9.17, 15) is 27.5 Å². The molecule has 1 heterocycles. The maximum absolute atomic E-state index is 13.3. The Kier molecular flexibility index (Phi) is 6.40. The minimum atomic E-state index is -3.47. The Bertz CT molecular complexity index is 934. The third kappa shape index (κ3) is 4.46. The van der Waals surface area contributed by atoms with E-state index in [0.29, 0.717) is 11.3 Å². The standard InChI is InChI=1S/C21H20F4N2O3/c1-2-13-6-8-16(9-7-13)30-12-14-4-3-5-15(10-14)19(28)27-21(29,20(24)25)11-17(26-27)18(22)23/h3-10,18,20,29H,2,11-12H2,1H3/t21-/m0/s1. The fourth-order valence-corrected chi connectivity index (χ4v) is 3.01. The van der Waals surface area contributed by atoms with Gasteiger partial charge in [0.15, 0.2) is 0 Å². The van der Waals surface area contributed by atoms with Gasteiger partial charge in [-0.15, -0.1) is 0 Å². The van der Waals surface area contributed by atoms with E-state index in [4.69, 9.17) is 4.74 Å². The zero-order valence-corrected chi connectivity index (χ0v) is 16.1. The highest BCUT2D eigenvalue weighted by molar-refractivity contribution is 5.99. The summed E-state index contributed by atoms with van der Waals surface area (Å²) in [5.74, 6) is -0.496. The number of amides is 1. The molecule has 0 aromatic heterocycles. The van der Waals surface area contributed by atoms with Gasteiger partial charge in [-0.05, 0) is 41.8 Å². The molecule has 1 aliphatic rings. The molecular formula is C21H20F4N2O3. The monoisotopic (exact) mass is 424 g/mol. The molecule has 0 unspecified atom stereocenters. The fraction of sp³-hybridized carbons (Fsp3) is 0.333. The van der Waals surface area contributed by atoms with E-state index >= 15 is 0 Å². The van der Waals surface area contributed by atoms with Crippen molar-refractivity contribution in [2.45, 2.75) is 44.9 Å². The number of aryl methyl sites for hydroxylation is 1. The van der Waals surface area contributed by atoms with Gasteiger partial charge in [0.25, 0.3) is 18.8 Å². The van der Waals surface area contributed by atoms with Crippen LogP contribution in [0.4, 0.5) is 17.6 Å². The van der Waals surface area contributed by atoms with Crippen molar-refractivity contribution in [1.82, 2.24) is 5.01 Å². The number of hydrogen-bond donors (Lipinski definition) is 1. The quantitative estimate of drug-likeness (QED) is 0.676. The summed E-state index contributed by atoms with van der Waals surface area (Å²) in [7, 11) is 0. The summed E-state index contributed by atoms with van der Waals surface area (Å²) in [6, 6.07) is 13.3. The second kappa shape index (κ2) is 8.83. The molecule has 160 valence electrons. The van der Waals surface area contributed by atoms with Crippen LogP contribution in [0.1, 0.15) is 34.8 Å². The van der Waals surface area contributed by atoms with Gasteiger partial charge in [0.05, 0.1) is 0 Å². The van der Waals surface area contributed by atoms with Crippen LogP contribution in [0.3, 0.4) is 0 Å². The van der Waals surface area contributed by atoms with Crippen molar-refractivity contribution in [1.29, 1.82) is 0 Å². The minimum absolute atomic E-state index is 0.0442. The van der Waals surface area contributed by atoms with E-state index in [1.54, 1.807) is 18.2 Å². The average Bonchev–Trinajstić information content (AvgIpc) is 3.11. The van der Waals surface area contributed by atoms with Crippen LogP contribution < -0.4 is 4.74 Å². The number of hydrogen-bond acceptors (Lipinski definition) is 4. The van der Waals surface area contributed by atoms with Gasteiger partial charge < -0.3 is 9.84 Å². The Morgan fingerprint density at radius 3 is 2.47 bits per heavy atom. The van der Waals surface area contributed by atoms with Crippen molar-refractivity contribution < 1.29 is 32.2 Å². The second-order valence-electron chi connectivity index (χ2n) is 6.85. The molecule has 0 bridgehead atoms. The van der Waals surface area contributed by atoms with E-state index < -0.39 is 36.6 Å². The third-order valence-electron chi connectivity index (χ3n) is 4.74. The molecule has 1 amide bonds. The van der Waals surface area contributed by atoms with Crippen LogP contribution in [0.25, 0.3) is 0 Å². The Balaban J connectivity index is 1.77. The maximum Gasteiger partial charge on any atom is 0.287 e. The van der Waals surface area contributed by atoms with Gasteiger partial charge in [-0.1, -0.05) is 31.2 Å². The lowest BCUT2D eigenvalue weighted by Crippen LogP contribution is -2.51. The van der Waals surface area contributed by atoms with Gasteiger partial charge in [-0.3, -0.25) is 4.79 Å². The Morgan fingerprint density at radius 1 is 1.17 bits per heavy atom. The number of halogens is 4. The number of hydrazone groups is 1. The second-order valence-corrected chi connectivity index (χ2v) is 6.85. The van der Waals surface area contributed by atoms with E-state index in [1.807, 2.05) is 19.1 Å². The molecule has 1 N–H and O–H groups in total. The number of ether oxygens (including phenoxy) is 1. The molecular weight excluding hydrogens is 404 g/mol. The fourth-order valence-electron chi connectivity index (χ4n) is 3.01.